The zero-order valence-corrected chi connectivity index (χ0v) is 12.5. The maximum absolute atomic E-state index is 9.89. The van der Waals surface area contributed by atoms with Crippen molar-refractivity contribution in [2.75, 3.05) is 13.2 Å². The first-order valence-electron chi connectivity index (χ1n) is 6.56. The monoisotopic (exact) mass is 303 g/mol. The van der Waals surface area contributed by atoms with Gasteiger partial charge in [0.15, 0.2) is 0 Å². The van der Waals surface area contributed by atoms with E-state index < -0.39 is 0 Å². The molecule has 0 aromatic heterocycles. The van der Waals surface area contributed by atoms with Crippen molar-refractivity contribution in [1.82, 2.24) is 5.32 Å². The van der Waals surface area contributed by atoms with Crippen molar-refractivity contribution in [3.05, 3.63) is 27.7 Å². The molecule has 1 unspecified atom stereocenters. The summed E-state index contributed by atoms with van der Waals surface area (Å²) >= 11 is 11.9. The van der Waals surface area contributed by atoms with Crippen LogP contribution in [0.3, 0.4) is 0 Å². The Kier molecular flexibility index (Phi) is 5.34. The fourth-order valence-corrected chi connectivity index (χ4v) is 2.94. The Bertz CT molecular complexity index is 434. The third-order valence-corrected chi connectivity index (χ3v) is 4.20. The lowest BCUT2D eigenvalue weighted by molar-refractivity contribution is 0.0557. The van der Waals surface area contributed by atoms with Gasteiger partial charge in [0.2, 0.25) is 0 Å². The average Bonchev–Trinajstić information content (AvgIpc) is 2.41. The van der Waals surface area contributed by atoms with E-state index in [9.17, 15) is 5.11 Å². The van der Waals surface area contributed by atoms with Gasteiger partial charge in [-0.1, -0.05) is 23.2 Å². The van der Waals surface area contributed by atoms with E-state index in [0.29, 0.717) is 28.5 Å². The van der Waals surface area contributed by atoms with Crippen LogP contribution in [-0.4, -0.2) is 24.4 Å². The van der Waals surface area contributed by atoms with Gasteiger partial charge < -0.3 is 15.2 Å². The van der Waals surface area contributed by atoms with Gasteiger partial charge in [-0.3, -0.25) is 0 Å². The van der Waals surface area contributed by atoms with Crippen molar-refractivity contribution in [3.8, 4) is 5.75 Å². The minimum atomic E-state index is 0.109. The molecule has 2 N–H and O–H groups in total. The van der Waals surface area contributed by atoms with Crippen LogP contribution in [0.25, 0.3) is 0 Å². The molecule has 0 radical (unpaired) electrons. The Morgan fingerprint density at radius 3 is 2.74 bits per heavy atom. The SMILES string of the molecule is CC(NCc1cc(Cl)cc(Cl)c1O)C1CCOCC1. The van der Waals surface area contributed by atoms with E-state index in [1.165, 1.54) is 0 Å². The number of aromatic hydroxyl groups is 1. The summed E-state index contributed by atoms with van der Waals surface area (Å²) in [6.07, 6.45) is 2.16. The lowest BCUT2D eigenvalue weighted by Gasteiger charge is -2.28. The maximum atomic E-state index is 9.89. The summed E-state index contributed by atoms with van der Waals surface area (Å²) in [5.74, 6) is 0.725. The van der Waals surface area contributed by atoms with Crippen LogP contribution in [0.2, 0.25) is 10.0 Å². The molecule has 5 heteroatoms. The smallest absolute Gasteiger partial charge is 0.138 e. The van der Waals surface area contributed by atoms with Crippen LogP contribution in [0.4, 0.5) is 0 Å². The summed E-state index contributed by atoms with van der Waals surface area (Å²) < 4.78 is 5.36. The number of benzene rings is 1. The third kappa shape index (κ3) is 3.99. The largest absolute Gasteiger partial charge is 0.506 e. The Hall–Kier alpha value is -0.480. The molecule has 106 valence electrons. The van der Waals surface area contributed by atoms with Gasteiger partial charge in [0.25, 0.3) is 0 Å². The molecule has 1 aromatic carbocycles. The fourth-order valence-electron chi connectivity index (χ4n) is 2.41. The Morgan fingerprint density at radius 1 is 1.37 bits per heavy atom. The highest BCUT2D eigenvalue weighted by Crippen LogP contribution is 2.31. The standard InChI is InChI=1S/C14H19Cl2NO2/c1-9(10-2-4-19-5-3-10)17-8-11-6-12(15)7-13(16)14(11)18/h6-7,9-10,17-18H,2-5,8H2,1H3. The van der Waals surface area contributed by atoms with Crippen molar-refractivity contribution < 1.29 is 9.84 Å². The highest BCUT2D eigenvalue weighted by atomic mass is 35.5. The maximum Gasteiger partial charge on any atom is 0.138 e. The quantitative estimate of drug-likeness (QED) is 0.893. The van der Waals surface area contributed by atoms with Crippen molar-refractivity contribution in [1.29, 1.82) is 0 Å². The average molecular weight is 304 g/mol. The first kappa shape index (κ1) is 14.9. The number of phenolic OH excluding ortho intramolecular Hbond substituents is 1. The molecule has 0 aliphatic carbocycles. The van der Waals surface area contributed by atoms with E-state index in [0.717, 1.165) is 31.6 Å². The number of ether oxygens (including phenoxy) is 1. The molecule has 19 heavy (non-hydrogen) atoms. The van der Waals surface area contributed by atoms with Gasteiger partial charge in [-0.2, -0.15) is 0 Å². The summed E-state index contributed by atoms with van der Waals surface area (Å²) in [5.41, 5.74) is 0.733. The molecule has 0 bridgehead atoms. The molecule has 1 aliphatic heterocycles. The normalized spacial score (nSPS) is 18.5. The second kappa shape index (κ2) is 6.80. The highest BCUT2D eigenvalue weighted by molar-refractivity contribution is 6.35. The third-order valence-electron chi connectivity index (χ3n) is 3.69. The molecule has 1 aromatic rings. The summed E-state index contributed by atoms with van der Waals surface area (Å²) in [4.78, 5) is 0. The summed E-state index contributed by atoms with van der Waals surface area (Å²) in [6, 6.07) is 3.66. The second-order valence-electron chi connectivity index (χ2n) is 5.01. The van der Waals surface area contributed by atoms with E-state index in [4.69, 9.17) is 27.9 Å². The van der Waals surface area contributed by atoms with Crippen LogP contribution in [-0.2, 0) is 11.3 Å². The Morgan fingerprint density at radius 2 is 2.05 bits per heavy atom. The molecule has 1 saturated heterocycles. The molecule has 0 amide bonds. The van der Waals surface area contributed by atoms with Crippen LogP contribution >= 0.6 is 23.2 Å². The fraction of sp³-hybridized carbons (Fsp3) is 0.571. The molecule has 0 saturated carbocycles. The van der Waals surface area contributed by atoms with Crippen molar-refractivity contribution >= 4 is 23.2 Å². The van der Waals surface area contributed by atoms with Crippen LogP contribution < -0.4 is 5.32 Å². The molecule has 0 spiro atoms. The van der Waals surface area contributed by atoms with Crippen LogP contribution in [0.5, 0.6) is 5.75 Å². The molecule has 1 atom stereocenters. The summed E-state index contributed by atoms with van der Waals surface area (Å²) in [6.45, 7) is 4.40. The molecule has 1 fully saturated rings. The predicted molar refractivity (Wildman–Crippen MR) is 78.0 cm³/mol. The summed E-state index contributed by atoms with van der Waals surface area (Å²) in [7, 11) is 0. The first-order valence-corrected chi connectivity index (χ1v) is 7.31. The number of nitrogens with one attached hydrogen (secondary N) is 1. The predicted octanol–water partition coefficient (Wildman–Crippen LogP) is 3.60. The minimum absolute atomic E-state index is 0.109. The number of halogens is 2. The van der Waals surface area contributed by atoms with E-state index >= 15 is 0 Å². The Balaban J connectivity index is 1.94. The van der Waals surface area contributed by atoms with Crippen molar-refractivity contribution in [2.24, 2.45) is 5.92 Å². The van der Waals surface area contributed by atoms with Gasteiger partial charge in [0.05, 0.1) is 5.02 Å². The van der Waals surface area contributed by atoms with Crippen LogP contribution in [0.15, 0.2) is 12.1 Å². The second-order valence-corrected chi connectivity index (χ2v) is 5.86. The first-order chi connectivity index (χ1) is 9.08. The van der Waals surface area contributed by atoms with E-state index in [1.807, 2.05) is 0 Å². The summed E-state index contributed by atoms with van der Waals surface area (Å²) in [5, 5.41) is 14.2. The highest BCUT2D eigenvalue weighted by Gasteiger charge is 2.20. The molecule has 1 heterocycles. The van der Waals surface area contributed by atoms with Crippen LogP contribution in [0, 0.1) is 5.92 Å². The molecule has 1 aliphatic rings. The van der Waals surface area contributed by atoms with Gasteiger partial charge in [-0.05, 0) is 37.8 Å². The van der Waals surface area contributed by atoms with Gasteiger partial charge in [-0.15, -0.1) is 0 Å². The van der Waals surface area contributed by atoms with Crippen LogP contribution in [0.1, 0.15) is 25.3 Å². The van der Waals surface area contributed by atoms with Gasteiger partial charge in [0, 0.05) is 36.4 Å². The molecule has 3 nitrogen and oxygen atoms in total. The van der Waals surface area contributed by atoms with E-state index in [2.05, 4.69) is 12.2 Å². The zero-order chi connectivity index (χ0) is 13.8. The lowest BCUT2D eigenvalue weighted by atomic mass is 9.93. The Labute approximate surface area is 123 Å². The van der Waals surface area contributed by atoms with E-state index in [-0.39, 0.29) is 5.75 Å². The molecular weight excluding hydrogens is 285 g/mol. The molecule has 2 rings (SSSR count). The number of rotatable bonds is 4. The number of phenols is 1. The number of hydrogen-bond acceptors (Lipinski definition) is 3. The van der Waals surface area contributed by atoms with Gasteiger partial charge in [0.1, 0.15) is 5.75 Å². The van der Waals surface area contributed by atoms with Gasteiger partial charge in [-0.25, -0.2) is 0 Å². The van der Waals surface area contributed by atoms with Gasteiger partial charge >= 0.3 is 0 Å². The minimum Gasteiger partial charge on any atom is -0.506 e. The lowest BCUT2D eigenvalue weighted by Crippen LogP contribution is -2.36. The van der Waals surface area contributed by atoms with E-state index in [1.54, 1.807) is 12.1 Å². The van der Waals surface area contributed by atoms with Crippen molar-refractivity contribution in [2.45, 2.75) is 32.4 Å². The zero-order valence-electron chi connectivity index (χ0n) is 11.0. The number of hydrogen-bond donors (Lipinski definition) is 2. The topological polar surface area (TPSA) is 41.5 Å². The molecular formula is C14H19Cl2NO2. The van der Waals surface area contributed by atoms with Crippen molar-refractivity contribution in [3.63, 3.8) is 0 Å².